The summed E-state index contributed by atoms with van der Waals surface area (Å²) >= 11 is 0. The Morgan fingerprint density at radius 3 is 2.33 bits per heavy atom. The highest BCUT2D eigenvalue weighted by molar-refractivity contribution is 5.44. The normalized spacial score (nSPS) is 20.0. The monoisotopic (exact) mass is 300 g/mol. The first-order valence-corrected chi connectivity index (χ1v) is 7.06. The molecule has 0 aromatic heterocycles. The van der Waals surface area contributed by atoms with E-state index in [9.17, 15) is 8.78 Å². The lowest BCUT2D eigenvalue weighted by Gasteiger charge is -2.33. The molecule has 118 valence electrons. The van der Waals surface area contributed by atoms with Gasteiger partial charge in [-0.25, -0.2) is 8.78 Å². The number of methoxy groups -OCH3 is 2. The molecule has 0 saturated heterocycles. The van der Waals surface area contributed by atoms with Crippen molar-refractivity contribution in [2.24, 2.45) is 11.8 Å². The number of hydrogen-bond acceptors (Lipinski definition) is 4. The minimum Gasteiger partial charge on any atom is -0.493 e. The van der Waals surface area contributed by atoms with Gasteiger partial charge in [0.25, 0.3) is 0 Å². The Labute approximate surface area is 123 Å². The Hall–Kier alpha value is -1.40. The van der Waals surface area contributed by atoms with Crippen LogP contribution >= 0.6 is 0 Å². The molecule has 0 spiro atoms. The molecule has 21 heavy (non-hydrogen) atoms. The summed E-state index contributed by atoms with van der Waals surface area (Å²) in [5.74, 6) is 4.45. The van der Waals surface area contributed by atoms with Gasteiger partial charge in [-0.1, -0.05) is 6.07 Å². The maximum Gasteiger partial charge on any atom is 0.248 e. The highest BCUT2D eigenvalue weighted by atomic mass is 19.3. The predicted molar refractivity (Wildman–Crippen MR) is 76.5 cm³/mol. The van der Waals surface area contributed by atoms with Crippen molar-refractivity contribution in [3.63, 3.8) is 0 Å². The van der Waals surface area contributed by atoms with Crippen LogP contribution in [0.3, 0.4) is 0 Å². The zero-order valence-corrected chi connectivity index (χ0v) is 12.4. The van der Waals surface area contributed by atoms with Gasteiger partial charge < -0.3 is 9.47 Å². The van der Waals surface area contributed by atoms with Gasteiger partial charge in [-0.3, -0.25) is 11.3 Å². The highest BCUT2D eigenvalue weighted by Gasteiger charge is 2.37. The molecule has 1 saturated carbocycles. The number of benzene rings is 1. The van der Waals surface area contributed by atoms with Crippen LogP contribution in [0.15, 0.2) is 18.2 Å². The van der Waals surface area contributed by atoms with Crippen LogP contribution in [-0.2, 0) is 0 Å². The lowest BCUT2D eigenvalue weighted by molar-refractivity contribution is -0.0498. The Kier molecular flexibility index (Phi) is 5.00. The fraction of sp³-hybridized carbons (Fsp3) is 0.600. The number of nitrogens with one attached hydrogen (secondary N) is 1. The molecule has 1 aromatic carbocycles. The van der Waals surface area contributed by atoms with Gasteiger partial charge in [-0.2, -0.15) is 0 Å². The maximum absolute atomic E-state index is 13.3. The van der Waals surface area contributed by atoms with E-state index in [4.69, 9.17) is 15.3 Å². The van der Waals surface area contributed by atoms with Crippen LogP contribution in [-0.4, -0.2) is 20.1 Å². The van der Waals surface area contributed by atoms with Gasteiger partial charge in [0, 0.05) is 18.9 Å². The number of rotatable bonds is 5. The van der Waals surface area contributed by atoms with Crippen LogP contribution in [0.2, 0.25) is 0 Å². The summed E-state index contributed by atoms with van der Waals surface area (Å²) in [5.41, 5.74) is 3.68. The van der Waals surface area contributed by atoms with Gasteiger partial charge in [0.2, 0.25) is 5.92 Å². The molecule has 0 aliphatic heterocycles. The molecule has 0 heterocycles. The van der Waals surface area contributed by atoms with Crippen molar-refractivity contribution in [3.8, 4) is 11.5 Å². The fourth-order valence-corrected chi connectivity index (χ4v) is 2.95. The lowest BCUT2D eigenvalue weighted by atomic mass is 9.80. The van der Waals surface area contributed by atoms with Gasteiger partial charge in [-0.05, 0) is 36.5 Å². The van der Waals surface area contributed by atoms with Crippen molar-refractivity contribution in [2.75, 3.05) is 14.2 Å². The third kappa shape index (κ3) is 3.63. The standard InChI is InChI=1S/C15H22F2N2O2/c1-20-12-4-3-11(9-13(12)21-2)14(19-18)10-5-7-15(16,17)8-6-10/h3-4,9-10,14,19H,5-8,18H2,1-2H3. The van der Waals surface area contributed by atoms with Crippen LogP contribution in [0.1, 0.15) is 37.3 Å². The molecule has 1 unspecified atom stereocenters. The number of hydrazine groups is 1. The average Bonchev–Trinajstić information content (AvgIpc) is 2.49. The van der Waals surface area contributed by atoms with Crippen molar-refractivity contribution in [1.82, 2.24) is 5.43 Å². The summed E-state index contributed by atoms with van der Waals surface area (Å²) in [6.45, 7) is 0. The van der Waals surface area contributed by atoms with Crippen LogP contribution in [0.25, 0.3) is 0 Å². The quantitative estimate of drug-likeness (QED) is 0.648. The zero-order valence-electron chi connectivity index (χ0n) is 12.4. The molecule has 3 N–H and O–H groups in total. The molecule has 4 nitrogen and oxygen atoms in total. The van der Waals surface area contributed by atoms with Crippen LogP contribution in [0.4, 0.5) is 8.78 Å². The molecule has 6 heteroatoms. The van der Waals surface area contributed by atoms with Gasteiger partial charge >= 0.3 is 0 Å². The molecular weight excluding hydrogens is 278 g/mol. The number of nitrogens with two attached hydrogens (primary N) is 1. The maximum atomic E-state index is 13.3. The summed E-state index contributed by atoms with van der Waals surface area (Å²) in [7, 11) is 3.13. The van der Waals surface area contributed by atoms with E-state index in [0.717, 1.165) is 5.56 Å². The van der Waals surface area contributed by atoms with E-state index in [2.05, 4.69) is 5.43 Å². The van der Waals surface area contributed by atoms with E-state index in [0.29, 0.717) is 24.3 Å². The number of hydrogen-bond donors (Lipinski definition) is 2. The molecule has 0 amide bonds. The molecule has 1 aliphatic carbocycles. The second-order valence-corrected chi connectivity index (χ2v) is 5.45. The number of alkyl halides is 2. The average molecular weight is 300 g/mol. The fourth-order valence-electron chi connectivity index (χ4n) is 2.95. The van der Waals surface area contributed by atoms with Gasteiger partial charge in [-0.15, -0.1) is 0 Å². The minimum absolute atomic E-state index is 0.0802. The molecule has 0 radical (unpaired) electrons. The van der Waals surface area contributed by atoms with Crippen molar-refractivity contribution in [2.45, 2.75) is 37.6 Å². The summed E-state index contributed by atoms with van der Waals surface area (Å²) < 4.78 is 37.0. The molecule has 1 aromatic rings. The Bertz CT molecular complexity index is 473. The van der Waals surface area contributed by atoms with Gasteiger partial charge in [0.1, 0.15) is 0 Å². The van der Waals surface area contributed by atoms with Crippen molar-refractivity contribution >= 4 is 0 Å². The van der Waals surface area contributed by atoms with Crippen LogP contribution in [0.5, 0.6) is 11.5 Å². The summed E-state index contributed by atoms with van der Waals surface area (Å²) in [6.07, 6.45) is 0.749. The van der Waals surface area contributed by atoms with Crippen LogP contribution < -0.4 is 20.7 Å². The van der Waals surface area contributed by atoms with Crippen molar-refractivity contribution in [3.05, 3.63) is 23.8 Å². The van der Waals surface area contributed by atoms with Crippen LogP contribution in [0, 0.1) is 5.92 Å². The topological polar surface area (TPSA) is 56.5 Å². The minimum atomic E-state index is -2.53. The van der Waals surface area contributed by atoms with Crippen molar-refractivity contribution in [1.29, 1.82) is 0 Å². The highest BCUT2D eigenvalue weighted by Crippen LogP contribution is 2.42. The Balaban J connectivity index is 2.18. The van der Waals surface area contributed by atoms with E-state index < -0.39 is 5.92 Å². The Morgan fingerprint density at radius 2 is 1.81 bits per heavy atom. The third-order valence-electron chi connectivity index (χ3n) is 4.18. The molecule has 0 bridgehead atoms. The van der Waals surface area contributed by atoms with Gasteiger partial charge in [0.15, 0.2) is 11.5 Å². The van der Waals surface area contributed by atoms with E-state index in [1.165, 1.54) is 0 Å². The zero-order chi connectivity index (χ0) is 15.5. The second-order valence-electron chi connectivity index (χ2n) is 5.45. The second kappa shape index (κ2) is 6.58. The lowest BCUT2D eigenvalue weighted by Crippen LogP contribution is -2.37. The summed E-state index contributed by atoms with van der Waals surface area (Å²) in [6, 6.07) is 5.37. The predicted octanol–water partition coefficient (Wildman–Crippen LogP) is 3.03. The molecule has 2 rings (SSSR count). The summed E-state index contributed by atoms with van der Waals surface area (Å²) in [5, 5.41) is 0. The molecule has 1 atom stereocenters. The van der Waals surface area contributed by atoms with E-state index in [-0.39, 0.29) is 24.8 Å². The first-order chi connectivity index (χ1) is 10.0. The molecule has 1 aliphatic rings. The number of halogens is 2. The summed E-state index contributed by atoms with van der Waals surface area (Å²) in [4.78, 5) is 0. The Morgan fingerprint density at radius 1 is 1.19 bits per heavy atom. The number of ether oxygens (including phenoxy) is 2. The largest absolute Gasteiger partial charge is 0.493 e. The van der Waals surface area contributed by atoms with Gasteiger partial charge in [0.05, 0.1) is 14.2 Å². The smallest absolute Gasteiger partial charge is 0.248 e. The van der Waals surface area contributed by atoms with E-state index in [1.807, 2.05) is 12.1 Å². The first-order valence-electron chi connectivity index (χ1n) is 7.06. The molecular formula is C15H22F2N2O2. The SMILES string of the molecule is COc1ccc(C(NN)C2CCC(F)(F)CC2)cc1OC. The van der Waals surface area contributed by atoms with Crippen molar-refractivity contribution < 1.29 is 18.3 Å². The van der Waals surface area contributed by atoms with E-state index in [1.54, 1.807) is 20.3 Å². The van der Waals surface area contributed by atoms with E-state index >= 15 is 0 Å². The third-order valence-corrected chi connectivity index (χ3v) is 4.18. The first kappa shape index (κ1) is 16.0. The molecule has 1 fully saturated rings.